The fraction of sp³-hybridized carbons (Fsp3) is 0.385. The molecule has 0 unspecified atom stereocenters. The number of rotatable bonds is 7. The second kappa shape index (κ2) is 6.19. The predicted molar refractivity (Wildman–Crippen MR) is 67.6 cm³/mol. The molecule has 1 N–H and O–H groups in total. The van der Waals surface area contributed by atoms with E-state index in [9.17, 15) is 4.79 Å². The predicted octanol–water partition coefficient (Wildman–Crippen LogP) is 2.33. The first-order valence-electron chi connectivity index (χ1n) is 6.05. The Morgan fingerprint density at radius 1 is 1.37 bits per heavy atom. The zero-order valence-corrected chi connectivity index (χ0v) is 10.6. The van der Waals surface area contributed by atoms with Crippen LogP contribution < -0.4 is 4.74 Å². The highest BCUT2D eigenvalue weighted by atomic mass is 16.6. The maximum atomic E-state index is 10.8. The van der Waals surface area contributed by atoms with Crippen molar-refractivity contribution >= 4 is 17.1 Å². The van der Waals surface area contributed by atoms with E-state index in [0.717, 1.165) is 6.42 Å². The van der Waals surface area contributed by atoms with Crippen molar-refractivity contribution in [2.45, 2.75) is 13.3 Å². The van der Waals surface area contributed by atoms with Gasteiger partial charge in [-0.15, -0.1) is 0 Å². The van der Waals surface area contributed by atoms with E-state index in [-0.39, 0.29) is 11.6 Å². The van der Waals surface area contributed by atoms with Crippen LogP contribution in [0.15, 0.2) is 22.6 Å². The van der Waals surface area contributed by atoms with Gasteiger partial charge in [0.2, 0.25) is 0 Å². The van der Waals surface area contributed by atoms with Gasteiger partial charge in [-0.3, -0.25) is 0 Å². The molecule has 6 heteroatoms. The van der Waals surface area contributed by atoms with Crippen LogP contribution in [-0.2, 0) is 4.74 Å². The molecule has 0 aliphatic rings. The molecule has 1 aromatic heterocycles. The van der Waals surface area contributed by atoms with E-state index in [1.807, 2.05) is 6.92 Å². The summed E-state index contributed by atoms with van der Waals surface area (Å²) in [6, 6.07) is 4.48. The lowest BCUT2D eigenvalue weighted by Crippen LogP contribution is -2.07. The Kier molecular flexibility index (Phi) is 4.35. The molecule has 0 saturated carbocycles. The molecule has 2 rings (SSSR count). The van der Waals surface area contributed by atoms with Gasteiger partial charge in [-0.05, 0) is 24.6 Å². The van der Waals surface area contributed by atoms with Crippen molar-refractivity contribution in [3.63, 3.8) is 0 Å². The van der Waals surface area contributed by atoms with Crippen molar-refractivity contribution in [1.29, 1.82) is 0 Å². The number of hydrogen-bond acceptors (Lipinski definition) is 5. The number of fused-ring (bicyclic) bond motifs is 1. The largest absolute Gasteiger partial charge is 0.478 e. The summed E-state index contributed by atoms with van der Waals surface area (Å²) in [4.78, 5) is 14.9. The number of carboxylic acid groups (broad SMARTS) is 1. The fourth-order valence-corrected chi connectivity index (χ4v) is 1.53. The average molecular weight is 265 g/mol. The average Bonchev–Trinajstić information content (AvgIpc) is 2.80. The van der Waals surface area contributed by atoms with E-state index in [1.54, 1.807) is 6.07 Å². The number of carboxylic acids is 1. The Hall–Kier alpha value is -2.08. The monoisotopic (exact) mass is 265 g/mol. The van der Waals surface area contributed by atoms with Crippen LogP contribution in [0.3, 0.4) is 0 Å². The van der Waals surface area contributed by atoms with Crippen LogP contribution in [0.4, 0.5) is 0 Å². The number of oxazole rings is 1. The van der Waals surface area contributed by atoms with Crippen molar-refractivity contribution in [3.8, 4) is 6.08 Å². The Morgan fingerprint density at radius 3 is 2.95 bits per heavy atom. The molecular formula is C13H15NO5. The van der Waals surface area contributed by atoms with Gasteiger partial charge in [0.05, 0.1) is 12.2 Å². The van der Waals surface area contributed by atoms with E-state index in [2.05, 4.69) is 4.98 Å². The van der Waals surface area contributed by atoms with E-state index in [0.29, 0.717) is 30.9 Å². The van der Waals surface area contributed by atoms with Gasteiger partial charge in [0.15, 0.2) is 5.58 Å². The number of carbonyl (C=O) groups is 1. The second-order valence-corrected chi connectivity index (χ2v) is 3.93. The number of benzene rings is 1. The normalized spacial score (nSPS) is 10.8. The molecule has 102 valence electrons. The molecule has 0 saturated heterocycles. The summed E-state index contributed by atoms with van der Waals surface area (Å²) in [5.41, 5.74) is 1.11. The van der Waals surface area contributed by atoms with Gasteiger partial charge in [0.25, 0.3) is 0 Å². The van der Waals surface area contributed by atoms with E-state index >= 15 is 0 Å². The zero-order valence-electron chi connectivity index (χ0n) is 10.6. The molecule has 6 nitrogen and oxygen atoms in total. The number of aromatic carboxylic acids is 1. The molecule has 0 atom stereocenters. The van der Waals surface area contributed by atoms with Gasteiger partial charge in [0.1, 0.15) is 12.1 Å². The first-order valence-corrected chi connectivity index (χ1v) is 6.05. The van der Waals surface area contributed by atoms with Crippen molar-refractivity contribution < 1.29 is 23.8 Å². The smallest absolute Gasteiger partial charge is 0.394 e. The number of nitrogens with zero attached hydrogens (tertiary/aromatic N) is 1. The Labute approximate surface area is 109 Å². The SMILES string of the molecule is CCCOCCOc1nc2ccc(C(=O)O)cc2o1. The lowest BCUT2D eigenvalue weighted by Gasteiger charge is -2.01. The van der Waals surface area contributed by atoms with Gasteiger partial charge in [-0.25, -0.2) is 4.79 Å². The molecule has 0 bridgehead atoms. The lowest BCUT2D eigenvalue weighted by atomic mass is 10.2. The molecule has 19 heavy (non-hydrogen) atoms. The summed E-state index contributed by atoms with van der Waals surface area (Å²) in [5, 5.41) is 8.87. The lowest BCUT2D eigenvalue weighted by molar-refractivity contribution is 0.0697. The summed E-state index contributed by atoms with van der Waals surface area (Å²) in [6.45, 7) is 3.53. The van der Waals surface area contributed by atoms with E-state index < -0.39 is 5.97 Å². The summed E-state index contributed by atoms with van der Waals surface area (Å²) < 4.78 is 15.9. The number of aromatic nitrogens is 1. The molecule has 0 radical (unpaired) electrons. The van der Waals surface area contributed by atoms with Crippen LogP contribution in [0.2, 0.25) is 0 Å². The van der Waals surface area contributed by atoms with Crippen molar-refractivity contribution in [2.75, 3.05) is 19.8 Å². The second-order valence-electron chi connectivity index (χ2n) is 3.93. The third-order valence-electron chi connectivity index (χ3n) is 2.42. The highest BCUT2D eigenvalue weighted by molar-refractivity contribution is 5.91. The van der Waals surface area contributed by atoms with E-state index in [4.69, 9.17) is 19.0 Å². The van der Waals surface area contributed by atoms with Gasteiger partial charge in [-0.1, -0.05) is 6.92 Å². The maximum Gasteiger partial charge on any atom is 0.394 e. The summed E-state index contributed by atoms with van der Waals surface area (Å²) in [5.74, 6) is -1.01. The molecular weight excluding hydrogens is 250 g/mol. The third-order valence-corrected chi connectivity index (χ3v) is 2.42. The Morgan fingerprint density at radius 2 is 2.21 bits per heavy atom. The molecule has 0 fully saturated rings. The first kappa shape index (κ1) is 13.4. The van der Waals surface area contributed by atoms with Crippen LogP contribution in [0.25, 0.3) is 11.1 Å². The molecule has 0 amide bonds. The Balaban J connectivity index is 1.99. The zero-order chi connectivity index (χ0) is 13.7. The van der Waals surface area contributed by atoms with Gasteiger partial charge in [0, 0.05) is 6.61 Å². The number of hydrogen-bond donors (Lipinski definition) is 1. The van der Waals surface area contributed by atoms with Gasteiger partial charge < -0.3 is 19.0 Å². The highest BCUT2D eigenvalue weighted by Crippen LogP contribution is 2.21. The quantitative estimate of drug-likeness (QED) is 0.774. The minimum absolute atomic E-state index is 0.123. The number of ether oxygens (including phenoxy) is 2. The van der Waals surface area contributed by atoms with Crippen LogP contribution in [0.5, 0.6) is 6.08 Å². The van der Waals surface area contributed by atoms with Crippen molar-refractivity contribution in [2.24, 2.45) is 0 Å². The summed E-state index contributed by atoms with van der Waals surface area (Å²) >= 11 is 0. The molecule has 0 aliphatic heterocycles. The minimum Gasteiger partial charge on any atom is -0.478 e. The third kappa shape index (κ3) is 3.45. The van der Waals surface area contributed by atoms with Gasteiger partial charge in [-0.2, -0.15) is 4.98 Å². The molecule has 2 aromatic rings. The fourth-order valence-electron chi connectivity index (χ4n) is 1.53. The first-order chi connectivity index (χ1) is 9.20. The molecule has 0 spiro atoms. The molecule has 1 heterocycles. The Bertz CT molecular complexity index is 563. The summed E-state index contributed by atoms with van der Waals surface area (Å²) in [7, 11) is 0. The van der Waals surface area contributed by atoms with Crippen molar-refractivity contribution in [1.82, 2.24) is 4.98 Å². The van der Waals surface area contributed by atoms with Crippen LogP contribution in [0, 0.1) is 0 Å². The van der Waals surface area contributed by atoms with Crippen LogP contribution in [-0.4, -0.2) is 35.9 Å². The topological polar surface area (TPSA) is 81.8 Å². The van der Waals surface area contributed by atoms with Crippen molar-refractivity contribution in [3.05, 3.63) is 23.8 Å². The highest BCUT2D eigenvalue weighted by Gasteiger charge is 2.10. The van der Waals surface area contributed by atoms with Gasteiger partial charge >= 0.3 is 12.0 Å². The van der Waals surface area contributed by atoms with E-state index in [1.165, 1.54) is 12.1 Å². The summed E-state index contributed by atoms with van der Waals surface area (Å²) in [6.07, 6.45) is 1.08. The molecule has 1 aromatic carbocycles. The molecule has 0 aliphatic carbocycles. The maximum absolute atomic E-state index is 10.8. The van der Waals surface area contributed by atoms with Crippen LogP contribution in [0.1, 0.15) is 23.7 Å². The van der Waals surface area contributed by atoms with Crippen LogP contribution >= 0.6 is 0 Å². The minimum atomic E-state index is -1.01. The standard InChI is InChI=1S/C13H15NO5/c1-2-5-17-6-7-18-13-14-10-4-3-9(12(15)16)8-11(10)19-13/h3-4,8H,2,5-7H2,1H3,(H,15,16).